The second-order valence-corrected chi connectivity index (χ2v) is 5.23. The summed E-state index contributed by atoms with van der Waals surface area (Å²) < 4.78 is 2.21. The minimum atomic E-state index is 0.608. The van der Waals surface area contributed by atoms with Crippen molar-refractivity contribution in [2.75, 3.05) is 11.9 Å². The van der Waals surface area contributed by atoms with E-state index in [1.807, 2.05) is 24.5 Å². The van der Waals surface area contributed by atoms with Crippen molar-refractivity contribution in [3.63, 3.8) is 0 Å². The Kier molecular flexibility index (Phi) is 2.15. The molecule has 4 heteroatoms. The van der Waals surface area contributed by atoms with Gasteiger partial charge in [0, 0.05) is 30.6 Å². The zero-order chi connectivity index (χ0) is 11.9. The van der Waals surface area contributed by atoms with Crippen molar-refractivity contribution in [3.8, 4) is 11.3 Å². The van der Waals surface area contributed by atoms with Crippen molar-refractivity contribution < 1.29 is 0 Å². The first-order valence-electron chi connectivity index (χ1n) is 6.65. The van der Waals surface area contributed by atoms with E-state index in [9.17, 15) is 0 Å². The van der Waals surface area contributed by atoms with Crippen LogP contribution in [-0.2, 0) is 0 Å². The molecule has 1 N–H and O–H groups in total. The third-order valence-electron chi connectivity index (χ3n) is 4.19. The maximum atomic E-state index is 4.79. The van der Waals surface area contributed by atoms with Crippen molar-refractivity contribution in [1.29, 1.82) is 0 Å². The van der Waals surface area contributed by atoms with Gasteiger partial charge in [-0.15, -0.1) is 0 Å². The van der Waals surface area contributed by atoms with Crippen molar-refractivity contribution in [3.05, 3.63) is 30.6 Å². The number of nitrogens with zero attached hydrogens (tertiary/aromatic N) is 3. The van der Waals surface area contributed by atoms with Gasteiger partial charge in [0.1, 0.15) is 5.82 Å². The smallest absolute Gasteiger partial charge is 0.125 e. The molecule has 1 aliphatic carbocycles. The van der Waals surface area contributed by atoms with Gasteiger partial charge in [-0.25, -0.2) is 4.68 Å². The number of fused-ring (bicyclic) bond motifs is 3. The molecule has 0 spiro atoms. The molecule has 0 aromatic carbocycles. The van der Waals surface area contributed by atoms with Crippen molar-refractivity contribution in [1.82, 2.24) is 14.8 Å². The second-order valence-electron chi connectivity index (χ2n) is 5.23. The number of hydrogen-bond donors (Lipinski definition) is 1. The average molecular weight is 240 g/mol. The zero-order valence-corrected chi connectivity index (χ0v) is 10.2. The summed E-state index contributed by atoms with van der Waals surface area (Å²) in [5.41, 5.74) is 2.19. The van der Waals surface area contributed by atoms with E-state index in [2.05, 4.69) is 21.0 Å². The number of hydrogen-bond acceptors (Lipinski definition) is 3. The highest BCUT2D eigenvalue weighted by Crippen LogP contribution is 2.41. The normalized spacial score (nSPS) is 25.3. The van der Waals surface area contributed by atoms with Crippen LogP contribution in [-0.4, -0.2) is 21.3 Å². The first-order valence-corrected chi connectivity index (χ1v) is 6.65. The van der Waals surface area contributed by atoms with Crippen LogP contribution in [0.5, 0.6) is 0 Å². The summed E-state index contributed by atoms with van der Waals surface area (Å²) in [4.78, 5) is 4.06. The molecule has 18 heavy (non-hydrogen) atoms. The third-order valence-corrected chi connectivity index (χ3v) is 4.19. The molecule has 2 aliphatic rings. The molecule has 2 atom stereocenters. The van der Waals surface area contributed by atoms with Gasteiger partial charge >= 0.3 is 0 Å². The highest BCUT2D eigenvalue weighted by Gasteiger charge is 2.34. The second kappa shape index (κ2) is 3.83. The van der Waals surface area contributed by atoms with Crippen LogP contribution in [0.15, 0.2) is 30.6 Å². The quantitative estimate of drug-likeness (QED) is 0.833. The topological polar surface area (TPSA) is 42.7 Å². The molecule has 4 nitrogen and oxygen atoms in total. The Morgan fingerprint density at radius 2 is 2.11 bits per heavy atom. The number of rotatable bonds is 1. The Morgan fingerprint density at radius 3 is 3.00 bits per heavy atom. The molecule has 92 valence electrons. The fraction of sp³-hybridized carbons (Fsp3) is 0.429. The average Bonchev–Trinajstić information content (AvgIpc) is 3.05. The van der Waals surface area contributed by atoms with Crippen molar-refractivity contribution in [2.24, 2.45) is 5.92 Å². The molecule has 2 unspecified atom stereocenters. The predicted molar refractivity (Wildman–Crippen MR) is 70.3 cm³/mol. The predicted octanol–water partition coefficient (Wildman–Crippen LogP) is 2.71. The standard InChI is InChI=1S/C14H16N4/c1-2-11-9-16-14-8-12(10-4-6-15-7-5-10)17-18(14)13(11)3-1/h4-8,11,13,16H,1-3,9H2. The van der Waals surface area contributed by atoms with Crippen LogP contribution < -0.4 is 5.32 Å². The summed E-state index contributed by atoms with van der Waals surface area (Å²) in [6.07, 6.45) is 7.58. The van der Waals surface area contributed by atoms with E-state index in [1.165, 1.54) is 25.1 Å². The van der Waals surface area contributed by atoms with Crippen LogP contribution in [0.3, 0.4) is 0 Å². The highest BCUT2D eigenvalue weighted by molar-refractivity contribution is 5.63. The van der Waals surface area contributed by atoms with Crippen LogP contribution in [0, 0.1) is 5.92 Å². The lowest BCUT2D eigenvalue weighted by atomic mass is 10.0. The Bertz CT molecular complexity index is 560. The van der Waals surface area contributed by atoms with E-state index in [0.717, 1.165) is 23.7 Å². The Morgan fingerprint density at radius 1 is 1.22 bits per heavy atom. The van der Waals surface area contributed by atoms with Gasteiger partial charge in [-0.1, -0.05) is 6.42 Å². The molecule has 2 aromatic heterocycles. The van der Waals surface area contributed by atoms with Crippen LogP contribution in [0.1, 0.15) is 25.3 Å². The largest absolute Gasteiger partial charge is 0.370 e. The van der Waals surface area contributed by atoms with Crippen LogP contribution in [0.25, 0.3) is 11.3 Å². The molecule has 1 aliphatic heterocycles. The zero-order valence-electron chi connectivity index (χ0n) is 10.2. The molecule has 1 fully saturated rings. The number of pyridine rings is 1. The van der Waals surface area contributed by atoms with E-state index in [1.54, 1.807) is 0 Å². The van der Waals surface area contributed by atoms with E-state index >= 15 is 0 Å². The maximum absolute atomic E-state index is 4.79. The monoisotopic (exact) mass is 240 g/mol. The minimum Gasteiger partial charge on any atom is -0.370 e. The van der Waals surface area contributed by atoms with E-state index in [0.29, 0.717) is 6.04 Å². The SMILES string of the molecule is c1cc(-c2cc3n(n2)C2CCCC2CN3)ccn1. The number of nitrogens with one attached hydrogen (secondary N) is 1. The molecule has 0 radical (unpaired) electrons. The van der Waals surface area contributed by atoms with Crippen LogP contribution >= 0.6 is 0 Å². The summed E-state index contributed by atoms with van der Waals surface area (Å²) in [5, 5.41) is 8.30. The van der Waals surface area contributed by atoms with Crippen molar-refractivity contribution >= 4 is 5.82 Å². The van der Waals surface area contributed by atoms with Gasteiger partial charge in [-0.05, 0) is 30.9 Å². The lowest BCUT2D eigenvalue weighted by molar-refractivity contribution is 0.348. The van der Waals surface area contributed by atoms with Gasteiger partial charge in [0.25, 0.3) is 0 Å². The Labute approximate surface area is 106 Å². The van der Waals surface area contributed by atoms with E-state index < -0.39 is 0 Å². The van der Waals surface area contributed by atoms with Crippen LogP contribution in [0.2, 0.25) is 0 Å². The Hall–Kier alpha value is -1.84. The summed E-state index contributed by atoms with van der Waals surface area (Å²) in [7, 11) is 0. The summed E-state index contributed by atoms with van der Waals surface area (Å²) in [5.74, 6) is 1.94. The first kappa shape index (κ1) is 10.1. The first-order chi connectivity index (χ1) is 8.92. The molecule has 4 rings (SSSR count). The molecule has 0 bridgehead atoms. The van der Waals surface area contributed by atoms with Crippen LogP contribution in [0.4, 0.5) is 5.82 Å². The van der Waals surface area contributed by atoms with Gasteiger partial charge < -0.3 is 5.32 Å². The van der Waals surface area contributed by atoms with Gasteiger partial charge in [-0.3, -0.25) is 4.98 Å². The summed E-state index contributed by atoms with van der Waals surface area (Å²) >= 11 is 0. The molecule has 0 amide bonds. The molecule has 3 heterocycles. The number of anilines is 1. The molecule has 0 saturated heterocycles. The van der Waals surface area contributed by atoms with E-state index in [4.69, 9.17) is 5.10 Å². The lowest BCUT2D eigenvalue weighted by Crippen LogP contribution is -2.29. The van der Waals surface area contributed by atoms with Crippen molar-refractivity contribution in [2.45, 2.75) is 25.3 Å². The maximum Gasteiger partial charge on any atom is 0.125 e. The fourth-order valence-corrected chi connectivity index (χ4v) is 3.26. The van der Waals surface area contributed by atoms with Gasteiger partial charge in [0.2, 0.25) is 0 Å². The fourth-order valence-electron chi connectivity index (χ4n) is 3.26. The number of aromatic nitrogens is 3. The van der Waals surface area contributed by atoms with Gasteiger partial charge in [0.05, 0.1) is 11.7 Å². The molecule has 1 saturated carbocycles. The third kappa shape index (κ3) is 1.45. The minimum absolute atomic E-state index is 0.608. The highest BCUT2D eigenvalue weighted by atomic mass is 15.4. The van der Waals surface area contributed by atoms with Gasteiger partial charge in [0.15, 0.2) is 0 Å². The molecular formula is C14H16N4. The molecule has 2 aromatic rings. The lowest BCUT2D eigenvalue weighted by Gasteiger charge is -2.28. The summed E-state index contributed by atoms with van der Waals surface area (Å²) in [6, 6.07) is 6.79. The molecular weight excluding hydrogens is 224 g/mol. The van der Waals surface area contributed by atoms with Gasteiger partial charge in [-0.2, -0.15) is 5.10 Å². The Balaban J connectivity index is 1.77. The summed E-state index contributed by atoms with van der Waals surface area (Å²) in [6.45, 7) is 1.10. The van der Waals surface area contributed by atoms with E-state index in [-0.39, 0.29) is 0 Å².